The Morgan fingerprint density at radius 1 is 1.06 bits per heavy atom. The van der Waals surface area contributed by atoms with E-state index in [1.807, 2.05) is 0 Å². The van der Waals surface area contributed by atoms with Crippen LogP contribution in [0.3, 0.4) is 0 Å². The number of esters is 1. The van der Waals surface area contributed by atoms with E-state index in [-0.39, 0.29) is 36.4 Å². The molecule has 1 fully saturated rings. The molecular formula is C23H25F2NO6S. The van der Waals surface area contributed by atoms with Gasteiger partial charge in [-0.2, -0.15) is 4.31 Å². The second-order valence-corrected chi connectivity index (χ2v) is 10.0. The molecular weight excluding hydrogens is 456 g/mol. The van der Waals surface area contributed by atoms with Crippen molar-refractivity contribution in [1.29, 1.82) is 0 Å². The number of carbonyl (C=O) groups excluding carboxylic acids is 1. The number of sulfonamides is 1. The molecule has 33 heavy (non-hydrogen) atoms. The molecule has 0 bridgehead atoms. The predicted octanol–water partition coefficient (Wildman–Crippen LogP) is 3.83. The minimum atomic E-state index is -3.78. The van der Waals surface area contributed by atoms with Gasteiger partial charge in [-0.05, 0) is 50.1 Å². The lowest BCUT2D eigenvalue weighted by molar-refractivity contribution is -0.155. The van der Waals surface area contributed by atoms with Crippen molar-refractivity contribution >= 4 is 16.0 Å². The quantitative estimate of drug-likeness (QED) is 0.604. The van der Waals surface area contributed by atoms with Crippen LogP contribution in [0.15, 0.2) is 41.3 Å². The molecule has 1 atom stereocenters. The number of nitrogens with zero attached hydrogens (tertiary/aromatic N) is 1. The Morgan fingerprint density at radius 2 is 1.76 bits per heavy atom. The molecule has 1 unspecified atom stereocenters. The SMILES string of the molecule is CC(OC(=O)C1CCN(S(=O)(=O)c2ccc3c(c2)OCCCO3)CC1)c1cc(F)ccc1F. The summed E-state index contributed by atoms with van der Waals surface area (Å²) in [5, 5.41) is 0. The van der Waals surface area contributed by atoms with Gasteiger partial charge in [-0.25, -0.2) is 17.2 Å². The molecule has 0 radical (unpaired) electrons. The van der Waals surface area contributed by atoms with Gasteiger partial charge in [0.2, 0.25) is 10.0 Å². The molecule has 0 saturated carbocycles. The fourth-order valence-corrected chi connectivity index (χ4v) is 5.43. The van der Waals surface area contributed by atoms with E-state index in [0.29, 0.717) is 31.1 Å². The number of ether oxygens (including phenoxy) is 3. The number of hydrogen-bond acceptors (Lipinski definition) is 6. The van der Waals surface area contributed by atoms with Crippen molar-refractivity contribution in [2.24, 2.45) is 5.92 Å². The van der Waals surface area contributed by atoms with E-state index >= 15 is 0 Å². The maximum Gasteiger partial charge on any atom is 0.309 e. The number of hydrogen-bond donors (Lipinski definition) is 0. The van der Waals surface area contributed by atoms with Crippen molar-refractivity contribution in [3.8, 4) is 11.5 Å². The van der Waals surface area contributed by atoms with E-state index in [2.05, 4.69) is 0 Å². The average molecular weight is 482 g/mol. The van der Waals surface area contributed by atoms with Crippen molar-refractivity contribution in [1.82, 2.24) is 4.31 Å². The van der Waals surface area contributed by atoms with Gasteiger partial charge in [0, 0.05) is 31.1 Å². The Labute approximate surface area is 191 Å². The van der Waals surface area contributed by atoms with Crippen molar-refractivity contribution in [3.63, 3.8) is 0 Å². The van der Waals surface area contributed by atoms with Crippen LogP contribution >= 0.6 is 0 Å². The molecule has 178 valence electrons. The molecule has 0 spiro atoms. The van der Waals surface area contributed by atoms with Gasteiger partial charge in [-0.3, -0.25) is 4.79 Å². The van der Waals surface area contributed by atoms with Gasteiger partial charge < -0.3 is 14.2 Å². The van der Waals surface area contributed by atoms with Crippen LogP contribution in [0.25, 0.3) is 0 Å². The van der Waals surface area contributed by atoms with Crippen LogP contribution in [0, 0.1) is 17.6 Å². The monoisotopic (exact) mass is 481 g/mol. The summed E-state index contributed by atoms with van der Waals surface area (Å²) < 4.78 is 71.4. The number of piperidine rings is 1. The van der Waals surface area contributed by atoms with E-state index in [1.54, 1.807) is 6.07 Å². The normalized spacial score (nSPS) is 18.4. The van der Waals surface area contributed by atoms with Gasteiger partial charge in [0.1, 0.15) is 17.7 Å². The molecule has 2 aromatic carbocycles. The lowest BCUT2D eigenvalue weighted by Crippen LogP contribution is -2.40. The molecule has 0 aliphatic carbocycles. The first kappa shape index (κ1) is 23.4. The van der Waals surface area contributed by atoms with Crippen LogP contribution in [0.2, 0.25) is 0 Å². The van der Waals surface area contributed by atoms with Crippen LogP contribution in [0.1, 0.15) is 37.9 Å². The zero-order valence-electron chi connectivity index (χ0n) is 18.1. The number of benzene rings is 2. The highest BCUT2D eigenvalue weighted by Gasteiger charge is 2.34. The Hall–Kier alpha value is -2.72. The lowest BCUT2D eigenvalue weighted by atomic mass is 9.98. The van der Waals surface area contributed by atoms with E-state index in [1.165, 1.54) is 23.4 Å². The van der Waals surface area contributed by atoms with Crippen molar-refractivity contribution in [2.75, 3.05) is 26.3 Å². The highest BCUT2D eigenvalue weighted by Crippen LogP contribution is 2.34. The van der Waals surface area contributed by atoms with Crippen molar-refractivity contribution in [3.05, 3.63) is 53.6 Å². The van der Waals surface area contributed by atoms with Gasteiger partial charge in [0.05, 0.1) is 24.0 Å². The number of fused-ring (bicyclic) bond motifs is 1. The first-order valence-electron chi connectivity index (χ1n) is 10.8. The molecule has 0 N–H and O–H groups in total. The average Bonchev–Trinajstić information content (AvgIpc) is 3.05. The molecule has 4 rings (SSSR count). The van der Waals surface area contributed by atoms with Gasteiger partial charge in [-0.15, -0.1) is 0 Å². The highest BCUT2D eigenvalue weighted by atomic mass is 32.2. The summed E-state index contributed by atoms with van der Waals surface area (Å²) in [6, 6.07) is 7.51. The maximum atomic E-state index is 13.9. The van der Waals surface area contributed by atoms with Crippen LogP contribution in [0.5, 0.6) is 11.5 Å². The minimum Gasteiger partial charge on any atom is -0.490 e. The first-order valence-corrected chi connectivity index (χ1v) is 12.2. The van der Waals surface area contributed by atoms with Crippen LogP contribution in [-0.4, -0.2) is 45.0 Å². The zero-order chi connectivity index (χ0) is 23.6. The smallest absolute Gasteiger partial charge is 0.309 e. The Bertz CT molecular complexity index is 1130. The minimum absolute atomic E-state index is 0.0437. The molecule has 2 heterocycles. The summed E-state index contributed by atoms with van der Waals surface area (Å²) in [4.78, 5) is 12.7. The van der Waals surface area contributed by atoms with Crippen molar-refractivity contribution < 1.29 is 36.2 Å². The second-order valence-electron chi connectivity index (χ2n) is 8.08. The molecule has 10 heteroatoms. The number of rotatable bonds is 5. The van der Waals surface area contributed by atoms with Gasteiger partial charge in [-0.1, -0.05) is 0 Å². The summed E-state index contributed by atoms with van der Waals surface area (Å²) in [5.41, 5.74) is -0.0437. The molecule has 1 saturated heterocycles. The fraction of sp³-hybridized carbons (Fsp3) is 0.435. The van der Waals surface area contributed by atoms with Crippen LogP contribution in [0.4, 0.5) is 8.78 Å². The second kappa shape index (κ2) is 9.64. The molecule has 0 aromatic heterocycles. The summed E-state index contributed by atoms with van der Waals surface area (Å²) in [5.74, 6) is -1.46. The molecule has 0 amide bonds. The molecule has 7 nitrogen and oxygen atoms in total. The van der Waals surface area contributed by atoms with E-state index in [9.17, 15) is 22.0 Å². The highest BCUT2D eigenvalue weighted by molar-refractivity contribution is 7.89. The lowest BCUT2D eigenvalue weighted by Gasteiger charge is -2.30. The zero-order valence-corrected chi connectivity index (χ0v) is 18.9. The third-order valence-electron chi connectivity index (χ3n) is 5.83. The van der Waals surface area contributed by atoms with Crippen molar-refractivity contribution in [2.45, 2.75) is 37.2 Å². The van der Waals surface area contributed by atoms with E-state index in [4.69, 9.17) is 14.2 Å². The summed E-state index contributed by atoms with van der Waals surface area (Å²) >= 11 is 0. The largest absolute Gasteiger partial charge is 0.490 e. The van der Waals surface area contributed by atoms with Gasteiger partial charge in [0.15, 0.2) is 11.5 Å². The molecule has 2 aromatic rings. The summed E-state index contributed by atoms with van der Waals surface area (Å²) in [6.07, 6.45) is 0.282. The Morgan fingerprint density at radius 3 is 2.48 bits per heavy atom. The maximum absolute atomic E-state index is 13.9. The van der Waals surface area contributed by atoms with Crippen LogP contribution in [-0.2, 0) is 19.6 Å². The molecule has 2 aliphatic heterocycles. The first-order chi connectivity index (χ1) is 15.8. The number of halogens is 2. The Balaban J connectivity index is 1.38. The predicted molar refractivity (Wildman–Crippen MR) is 114 cm³/mol. The number of carbonyl (C=O) groups is 1. The van der Waals surface area contributed by atoms with Crippen LogP contribution < -0.4 is 9.47 Å². The Kier molecular flexibility index (Phi) is 6.85. The summed E-state index contributed by atoms with van der Waals surface area (Å²) in [6.45, 7) is 2.70. The standard InChI is InChI=1S/C23H25F2NO6S/c1-15(19-13-17(24)3-5-20(19)25)32-23(27)16-7-9-26(10-8-16)33(28,29)18-4-6-21-22(14-18)31-12-2-11-30-21/h3-6,13-16H,2,7-12H2,1H3. The third kappa shape index (κ3) is 5.11. The van der Waals surface area contributed by atoms with Gasteiger partial charge in [0.25, 0.3) is 0 Å². The summed E-state index contributed by atoms with van der Waals surface area (Å²) in [7, 11) is -3.78. The topological polar surface area (TPSA) is 82.1 Å². The third-order valence-corrected chi connectivity index (χ3v) is 7.73. The fourth-order valence-electron chi connectivity index (χ4n) is 3.95. The van der Waals surface area contributed by atoms with E-state index in [0.717, 1.165) is 18.2 Å². The molecule has 2 aliphatic rings. The van der Waals surface area contributed by atoms with Gasteiger partial charge >= 0.3 is 5.97 Å². The van der Waals surface area contributed by atoms with E-state index < -0.39 is 39.6 Å².